The lowest BCUT2D eigenvalue weighted by Gasteiger charge is -2.24. The summed E-state index contributed by atoms with van der Waals surface area (Å²) in [7, 11) is 4.72. The molecule has 2 aromatic rings. The van der Waals surface area contributed by atoms with Crippen molar-refractivity contribution in [2.24, 2.45) is 0 Å². The Hall–Kier alpha value is -2.73. The SMILES string of the molecule is COCCN(C(=O)c1cccc(N)c1)c1ccc(OC)c(OC)c1. The molecular weight excluding hydrogens is 308 g/mol. The summed E-state index contributed by atoms with van der Waals surface area (Å²) in [4.78, 5) is 14.5. The number of hydrogen-bond donors (Lipinski definition) is 1. The largest absolute Gasteiger partial charge is 0.493 e. The summed E-state index contributed by atoms with van der Waals surface area (Å²) in [5.74, 6) is 0.994. The number of methoxy groups -OCH3 is 3. The Morgan fingerprint density at radius 3 is 2.42 bits per heavy atom. The Morgan fingerprint density at radius 1 is 1.04 bits per heavy atom. The maximum Gasteiger partial charge on any atom is 0.258 e. The minimum absolute atomic E-state index is 0.161. The van der Waals surface area contributed by atoms with Crippen LogP contribution in [0.5, 0.6) is 11.5 Å². The molecule has 0 heterocycles. The predicted molar refractivity (Wildman–Crippen MR) is 94.0 cm³/mol. The van der Waals surface area contributed by atoms with Crippen LogP contribution in [-0.4, -0.2) is 40.4 Å². The molecule has 0 aromatic heterocycles. The molecule has 0 aliphatic rings. The predicted octanol–water partition coefficient (Wildman–Crippen LogP) is 2.58. The maximum absolute atomic E-state index is 12.9. The number of carbonyl (C=O) groups is 1. The fraction of sp³-hybridized carbons (Fsp3) is 0.278. The van der Waals surface area contributed by atoms with Crippen molar-refractivity contribution in [2.45, 2.75) is 0 Å². The van der Waals surface area contributed by atoms with E-state index in [4.69, 9.17) is 19.9 Å². The molecule has 0 fully saturated rings. The molecule has 0 saturated carbocycles. The molecule has 0 unspecified atom stereocenters. The van der Waals surface area contributed by atoms with Gasteiger partial charge in [-0.1, -0.05) is 6.07 Å². The van der Waals surface area contributed by atoms with Gasteiger partial charge < -0.3 is 24.8 Å². The molecular formula is C18H22N2O4. The highest BCUT2D eigenvalue weighted by atomic mass is 16.5. The van der Waals surface area contributed by atoms with Crippen LogP contribution in [0.2, 0.25) is 0 Å². The average Bonchev–Trinajstić information content (AvgIpc) is 2.61. The first-order chi connectivity index (χ1) is 11.6. The van der Waals surface area contributed by atoms with Gasteiger partial charge in [0, 0.05) is 36.7 Å². The molecule has 24 heavy (non-hydrogen) atoms. The number of amides is 1. The topological polar surface area (TPSA) is 74.0 Å². The summed E-state index contributed by atoms with van der Waals surface area (Å²) in [6.07, 6.45) is 0. The van der Waals surface area contributed by atoms with E-state index in [2.05, 4.69) is 0 Å². The average molecular weight is 330 g/mol. The summed E-state index contributed by atoms with van der Waals surface area (Å²) in [6.45, 7) is 0.808. The summed E-state index contributed by atoms with van der Waals surface area (Å²) < 4.78 is 15.7. The van der Waals surface area contributed by atoms with Gasteiger partial charge in [0.1, 0.15) is 0 Å². The van der Waals surface area contributed by atoms with E-state index in [0.29, 0.717) is 41.6 Å². The number of benzene rings is 2. The van der Waals surface area contributed by atoms with Crippen LogP contribution in [0.15, 0.2) is 42.5 Å². The molecule has 0 atom stereocenters. The van der Waals surface area contributed by atoms with Gasteiger partial charge in [0.15, 0.2) is 11.5 Å². The number of hydrogen-bond acceptors (Lipinski definition) is 5. The van der Waals surface area contributed by atoms with Crippen molar-refractivity contribution in [3.8, 4) is 11.5 Å². The molecule has 0 saturated heterocycles. The standard InChI is InChI=1S/C18H22N2O4/c1-22-10-9-20(18(21)13-5-4-6-14(19)11-13)15-7-8-16(23-2)17(12-15)24-3/h4-8,11-12H,9-10,19H2,1-3H3. The third-order valence-corrected chi connectivity index (χ3v) is 3.58. The van der Waals surface area contributed by atoms with Gasteiger partial charge in [-0.25, -0.2) is 0 Å². The third-order valence-electron chi connectivity index (χ3n) is 3.58. The zero-order valence-corrected chi connectivity index (χ0v) is 14.1. The number of ether oxygens (including phenoxy) is 3. The van der Waals surface area contributed by atoms with Gasteiger partial charge in [-0.2, -0.15) is 0 Å². The number of anilines is 2. The third kappa shape index (κ3) is 3.97. The van der Waals surface area contributed by atoms with Crippen molar-refractivity contribution in [3.05, 3.63) is 48.0 Å². The van der Waals surface area contributed by atoms with Crippen molar-refractivity contribution < 1.29 is 19.0 Å². The smallest absolute Gasteiger partial charge is 0.258 e. The Labute approximate surface area is 141 Å². The fourth-order valence-electron chi connectivity index (χ4n) is 2.35. The number of rotatable bonds is 7. The van der Waals surface area contributed by atoms with E-state index in [1.807, 2.05) is 0 Å². The second-order valence-electron chi connectivity index (χ2n) is 5.11. The van der Waals surface area contributed by atoms with Gasteiger partial charge >= 0.3 is 0 Å². The number of carbonyl (C=O) groups excluding carboxylic acids is 1. The molecule has 0 bridgehead atoms. The summed E-state index contributed by atoms with van der Waals surface area (Å²) in [5.41, 5.74) is 7.53. The summed E-state index contributed by atoms with van der Waals surface area (Å²) in [5, 5.41) is 0. The van der Waals surface area contributed by atoms with E-state index in [9.17, 15) is 4.79 Å². The molecule has 2 aromatic carbocycles. The van der Waals surface area contributed by atoms with Crippen LogP contribution >= 0.6 is 0 Å². The van der Waals surface area contributed by atoms with Crippen LogP contribution in [0, 0.1) is 0 Å². The van der Waals surface area contributed by atoms with E-state index in [-0.39, 0.29) is 5.91 Å². The lowest BCUT2D eigenvalue weighted by Crippen LogP contribution is -2.34. The van der Waals surface area contributed by atoms with Crippen LogP contribution in [-0.2, 0) is 4.74 Å². The molecule has 2 rings (SSSR count). The molecule has 6 nitrogen and oxygen atoms in total. The first-order valence-corrected chi connectivity index (χ1v) is 7.49. The van der Waals surface area contributed by atoms with Gasteiger partial charge in [-0.3, -0.25) is 4.79 Å². The second kappa shape index (κ2) is 8.21. The van der Waals surface area contributed by atoms with E-state index >= 15 is 0 Å². The van der Waals surface area contributed by atoms with Gasteiger partial charge in [0.05, 0.1) is 20.8 Å². The van der Waals surface area contributed by atoms with E-state index in [1.165, 1.54) is 0 Å². The van der Waals surface area contributed by atoms with Gasteiger partial charge in [-0.05, 0) is 30.3 Å². The lowest BCUT2D eigenvalue weighted by atomic mass is 10.1. The molecule has 0 aliphatic carbocycles. The highest BCUT2D eigenvalue weighted by Crippen LogP contribution is 2.32. The van der Waals surface area contributed by atoms with Crippen LogP contribution in [0.4, 0.5) is 11.4 Å². The zero-order valence-electron chi connectivity index (χ0n) is 14.1. The van der Waals surface area contributed by atoms with Gasteiger partial charge in [0.25, 0.3) is 5.91 Å². The number of nitrogens with zero attached hydrogens (tertiary/aromatic N) is 1. The van der Waals surface area contributed by atoms with Crippen molar-refractivity contribution in [3.63, 3.8) is 0 Å². The van der Waals surface area contributed by atoms with Crippen molar-refractivity contribution in [2.75, 3.05) is 45.1 Å². The first kappa shape index (κ1) is 17.6. The number of nitrogens with two attached hydrogens (primary N) is 1. The van der Waals surface area contributed by atoms with Crippen molar-refractivity contribution in [1.82, 2.24) is 0 Å². The van der Waals surface area contributed by atoms with Crippen LogP contribution in [0.1, 0.15) is 10.4 Å². The van der Waals surface area contributed by atoms with E-state index < -0.39 is 0 Å². The Balaban J connectivity index is 2.39. The Bertz CT molecular complexity index is 703. The van der Waals surface area contributed by atoms with Crippen LogP contribution in [0.25, 0.3) is 0 Å². The summed E-state index contributed by atoms with van der Waals surface area (Å²) in [6, 6.07) is 12.2. The molecule has 128 valence electrons. The normalized spacial score (nSPS) is 10.3. The first-order valence-electron chi connectivity index (χ1n) is 7.49. The molecule has 2 N–H and O–H groups in total. The van der Waals surface area contributed by atoms with Crippen molar-refractivity contribution in [1.29, 1.82) is 0 Å². The monoisotopic (exact) mass is 330 g/mol. The quantitative estimate of drug-likeness (QED) is 0.790. The van der Waals surface area contributed by atoms with E-state index in [0.717, 1.165) is 0 Å². The van der Waals surface area contributed by atoms with Crippen LogP contribution < -0.4 is 20.1 Å². The molecule has 6 heteroatoms. The molecule has 1 amide bonds. The van der Waals surface area contributed by atoms with Crippen molar-refractivity contribution >= 4 is 17.3 Å². The molecule has 0 spiro atoms. The van der Waals surface area contributed by atoms with E-state index in [1.54, 1.807) is 68.7 Å². The zero-order chi connectivity index (χ0) is 17.5. The number of nitrogen functional groups attached to an aromatic ring is 1. The summed E-state index contributed by atoms with van der Waals surface area (Å²) >= 11 is 0. The maximum atomic E-state index is 12.9. The highest BCUT2D eigenvalue weighted by molar-refractivity contribution is 6.06. The highest BCUT2D eigenvalue weighted by Gasteiger charge is 2.19. The minimum Gasteiger partial charge on any atom is -0.493 e. The molecule has 0 aliphatic heterocycles. The minimum atomic E-state index is -0.161. The van der Waals surface area contributed by atoms with Gasteiger partial charge in [0.2, 0.25) is 0 Å². The van der Waals surface area contributed by atoms with Gasteiger partial charge in [-0.15, -0.1) is 0 Å². The van der Waals surface area contributed by atoms with Crippen LogP contribution in [0.3, 0.4) is 0 Å². The Morgan fingerprint density at radius 2 is 1.79 bits per heavy atom. The lowest BCUT2D eigenvalue weighted by molar-refractivity contribution is 0.0976. The second-order valence-corrected chi connectivity index (χ2v) is 5.11. The Kier molecular flexibility index (Phi) is 6.03. The fourth-order valence-corrected chi connectivity index (χ4v) is 2.35. The molecule has 0 radical (unpaired) electrons.